The van der Waals surface area contributed by atoms with E-state index >= 15 is 0 Å². The van der Waals surface area contributed by atoms with Gasteiger partial charge < -0.3 is 14.8 Å². The van der Waals surface area contributed by atoms with Crippen LogP contribution in [0, 0.1) is 0 Å². The highest BCUT2D eigenvalue weighted by Crippen LogP contribution is 2.28. The lowest BCUT2D eigenvalue weighted by molar-refractivity contribution is -0.124. The van der Waals surface area contributed by atoms with E-state index < -0.39 is 21.3 Å². The molecule has 8 heteroatoms. The van der Waals surface area contributed by atoms with Gasteiger partial charge in [-0.3, -0.25) is 9.59 Å². The Balaban J connectivity index is 1.98. The lowest BCUT2D eigenvalue weighted by atomic mass is 10.0. The molecule has 0 aromatic heterocycles. The van der Waals surface area contributed by atoms with Crippen molar-refractivity contribution in [3.8, 4) is 11.5 Å². The second-order valence-corrected chi connectivity index (χ2v) is 8.18. The normalized spacial score (nSPS) is 21.9. The summed E-state index contributed by atoms with van der Waals surface area (Å²) in [5.74, 6) is 0.332. The van der Waals surface area contributed by atoms with Crippen LogP contribution in [0.15, 0.2) is 18.2 Å². The van der Waals surface area contributed by atoms with Gasteiger partial charge in [-0.05, 0) is 38.5 Å². The third-order valence-electron chi connectivity index (χ3n) is 3.71. The predicted molar refractivity (Wildman–Crippen MR) is 88.3 cm³/mol. The summed E-state index contributed by atoms with van der Waals surface area (Å²) in [7, 11) is -3.10. The van der Waals surface area contributed by atoms with Gasteiger partial charge in [-0.2, -0.15) is 0 Å². The molecule has 0 aliphatic carbocycles. The van der Waals surface area contributed by atoms with Crippen molar-refractivity contribution >= 4 is 22.0 Å². The van der Waals surface area contributed by atoms with Crippen molar-refractivity contribution in [2.75, 3.05) is 24.7 Å². The van der Waals surface area contributed by atoms with Gasteiger partial charge in [0.1, 0.15) is 6.29 Å². The van der Waals surface area contributed by atoms with Crippen molar-refractivity contribution in [2.24, 2.45) is 0 Å². The molecule has 24 heavy (non-hydrogen) atoms. The van der Waals surface area contributed by atoms with Crippen LogP contribution >= 0.6 is 0 Å². The molecule has 0 radical (unpaired) electrons. The van der Waals surface area contributed by atoms with Gasteiger partial charge >= 0.3 is 0 Å². The van der Waals surface area contributed by atoms with Crippen LogP contribution < -0.4 is 14.8 Å². The number of ether oxygens (including phenoxy) is 2. The maximum atomic E-state index is 12.1. The number of amides is 1. The minimum Gasteiger partial charge on any atom is -0.490 e. The maximum absolute atomic E-state index is 12.1. The SMILES string of the molecule is CCOc1cc(C=O)ccc1OCC(=O)N[C@@]1(C)CCS(=O)(=O)C1. The Morgan fingerprint density at radius 2 is 2.08 bits per heavy atom. The molecule has 2 rings (SSSR count). The first-order chi connectivity index (χ1) is 11.3. The molecule has 0 spiro atoms. The van der Waals surface area contributed by atoms with Crippen molar-refractivity contribution in [3.05, 3.63) is 23.8 Å². The van der Waals surface area contributed by atoms with Crippen molar-refractivity contribution in [1.29, 1.82) is 0 Å². The van der Waals surface area contributed by atoms with E-state index in [-0.39, 0.29) is 18.1 Å². The molecule has 1 N–H and O–H groups in total. The highest BCUT2D eigenvalue weighted by molar-refractivity contribution is 7.91. The van der Waals surface area contributed by atoms with Crippen LogP contribution in [0.2, 0.25) is 0 Å². The van der Waals surface area contributed by atoms with Gasteiger partial charge in [0.15, 0.2) is 27.9 Å². The molecular formula is C16H21NO6S. The van der Waals surface area contributed by atoms with Gasteiger partial charge in [-0.15, -0.1) is 0 Å². The number of aldehydes is 1. The van der Waals surface area contributed by atoms with Crippen molar-refractivity contribution in [2.45, 2.75) is 25.8 Å². The first kappa shape index (κ1) is 18.3. The minimum atomic E-state index is -3.10. The average Bonchev–Trinajstić information content (AvgIpc) is 2.79. The van der Waals surface area contributed by atoms with E-state index in [0.29, 0.717) is 36.4 Å². The number of carbonyl (C=O) groups is 2. The zero-order chi connectivity index (χ0) is 17.8. The molecule has 1 saturated heterocycles. The molecule has 1 aromatic carbocycles. The van der Waals surface area contributed by atoms with Gasteiger partial charge in [0, 0.05) is 5.56 Å². The quantitative estimate of drug-likeness (QED) is 0.732. The molecule has 0 saturated carbocycles. The Morgan fingerprint density at radius 3 is 2.67 bits per heavy atom. The van der Waals surface area contributed by atoms with E-state index in [0.717, 1.165) is 0 Å². The largest absolute Gasteiger partial charge is 0.490 e. The molecule has 1 aromatic rings. The highest BCUT2D eigenvalue weighted by Gasteiger charge is 2.39. The maximum Gasteiger partial charge on any atom is 0.258 e. The van der Waals surface area contributed by atoms with Gasteiger partial charge in [0.25, 0.3) is 5.91 Å². The minimum absolute atomic E-state index is 0.0655. The summed E-state index contributed by atoms with van der Waals surface area (Å²) in [6.07, 6.45) is 1.08. The van der Waals surface area contributed by atoms with Crippen LogP contribution in [0.5, 0.6) is 11.5 Å². The Kier molecular flexibility index (Phi) is 5.48. The number of benzene rings is 1. The van der Waals surface area contributed by atoms with Crippen LogP contribution in [0.1, 0.15) is 30.6 Å². The summed E-state index contributed by atoms with van der Waals surface area (Å²) in [4.78, 5) is 22.9. The third kappa shape index (κ3) is 4.70. The van der Waals surface area contributed by atoms with Crippen molar-refractivity contribution in [1.82, 2.24) is 5.32 Å². The Hall–Kier alpha value is -2.09. The van der Waals surface area contributed by atoms with E-state index in [1.807, 2.05) is 0 Å². The number of nitrogens with one attached hydrogen (secondary N) is 1. The van der Waals surface area contributed by atoms with Gasteiger partial charge in [0.2, 0.25) is 0 Å². The summed E-state index contributed by atoms with van der Waals surface area (Å²) in [5, 5.41) is 2.72. The molecule has 0 unspecified atom stereocenters. The fourth-order valence-electron chi connectivity index (χ4n) is 2.61. The Labute approximate surface area is 141 Å². The smallest absolute Gasteiger partial charge is 0.258 e. The monoisotopic (exact) mass is 355 g/mol. The number of hydrogen-bond donors (Lipinski definition) is 1. The molecule has 7 nitrogen and oxygen atoms in total. The Morgan fingerprint density at radius 1 is 1.33 bits per heavy atom. The van der Waals surface area contributed by atoms with Crippen molar-refractivity contribution in [3.63, 3.8) is 0 Å². The fraction of sp³-hybridized carbons (Fsp3) is 0.500. The van der Waals surface area contributed by atoms with E-state index in [4.69, 9.17) is 9.47 Å². The summed E-state index contributed by atoms with van der Waals surface area (Å²) in [6.45, 7) is 3.63. The highest BCUT2D eigenvalue weighted by atomic mass is 32.2. The molecule has 1 heterocycles. The predicted octanol–water partition coefficient (Wildman–Crippen LogP) is 0.970. The second kappa shape index (κ2) is 7.21. The average molecular weight is 355 g/mol. The molecule has 1 aliphatic heterocycles. The molecule has 1 aliphatic rings. The number of hydrogen-bond acceptors (Lipinski definition) is 6. The zero-order valence-electron chi connectivity index (χ0n) is 13.7. The first-order valence-electron chi connectivity index (χ1n) is 7.63. The summed E-state index contributed by atoms with van der Waals surface area (Å²) in [5.41, 5.74) is -0.317. The lowest BCUT2D eigenvalue weighted by Gasteiger charge is -2.24. The van der Waals surface area contributed by atoms with Gasteiger partial charge in [-0.1, -0.05) is 0 Å². The zero-order valence-corrected chi connectivity index (χ0v) is 14.5. The fourth-order valence-corrected chi connectivity index (χ4v) is 4.70. The molecular weight excluding hydrogens is 334 g/mol. The van der Waals surface area contributed by atoms with Crippen LogP contribution in [0.25, 0.3) is 0 Å². The van der Waals surface area contributed by atoms with E-state index in [1.54, 1.807) is 26.0 Å². The van der Waals surface area contributed by atoms with Crippen LogP contribution in [-0.4, -0.2) is 50.9 Å². The van der Waals surface area contributed by atoms with E-state index in [1.165, 1.54) is 6.07 Å². The number of carbonyl (C=O) groups excluding carboxylic acids is 2. The topological polar surface area (TPSA) is 98.8 Å². The van der Waals surface area contributed by atoms with Gasteiger partial charge in [-0.25, -0.2) is 8.42 Å². The van der Waals surface area contributed by atoms with Gasteiger partial charge in [0.05, 0.1) is 23.7 Å². The number of rotatable bonds is 7. The lowest BCUT2D eigenvalue weighted by Crippen LogP contribution is -2.48. The van der Waals surface area contributed by atoms with Crippen molar-refractivity contribution < 1.29 is 27.5 Å². The molecule has 132 valence electrons. The second-order valence-electron chi connectivity index (χ2n) is 6.00. The van der Waals surface area contributed by atoms with E-state index in [2.05, 4.69) is 5.32 Å². The molecule has 1 amide bonds. The summed E-state index contributed by atoms with van der Waals surface area (Å²) in [6, 6.07) is 4.66. The summed E-state index contributed by atoms with van der Waals surface area (Å²) < 4.78 is 34.0. The Bertz CT molecular complexity index is 730. The summed E-state index contributed by atoms with van der Waals surface area (Å²) >= 11 is 0. The first-order valence-corrected chi connectivity index (χ1v) is 9.45. The van der Waals surface area contributed by atoms with Crippen LogP contribution in [0.4, 0.5) is 0 Å². The third-order valence-corrected chi connectivity index (χ3v) is 5.61. The molecule has 1 fully saturated rings. The number of sulfone groups is 1. The van der Waals surface area contributed by atoms with Crippen LogP contribution in [-0.2, 0) is 14.6 Å². The molecule has 0 bridgehead atoms. The molecule has 1 atom stereocenters. The standard InChI is InChI=1S/C16H21NO6S/c1-3-22-14-8-12(9-18)4-5-13(14)23-10-15(19)17-16(2)6-7-24(20,21)11-16/h4-5,8-9H,3,6-7,10-11H2,1-2H3,(H,17,19)/t16-/m0/s1. The van der Waals surface area contributed by atoms with E-state index in [9.17, 15) is 18.0 Å². The van der Waals surface area contributed by atoms with Crippen LogP contribution in [0.3, 0.4) is 0 Å².